The van der Waals surface area contributed by atoms with Gasteiger partial charge in [0, 0.05) is 0 Å². The Hall–Kier alpha value is -0.921. The number of hydrogen-bond donors (Lipinski definition) is 2. The van der Waals surface area contributed by atoms with Gasteiger partial charge in [-0.25, -0.2) is 0 Å². The molecule has 0 aliphatic heterocycles. The van der Waals surface area contributed by atoms with Crippen LogP contribution in [0.1, 0.15) is 11.1 Å². The molecule has 0 aromatic heterocycles. The van der Waals surface area contributed by atoms with E-state index >= 15 is 0 Å². The third-order valence-electron chi connectivity index (χ3n) is 2.74. The van der Waals surface area contributed by atoms with Crippen LogP contribution in [0, 0.1) is 13.8 Å². The second-order valence-corrected chi connectivity index (χ2v) is 10.5. The molecule has 0 bridgehead atoms. The maximum absolute atomic E-state index is 5.93. The summed E-state index contributed by atoms with van der Waals surface area (Å²) < 4.78 is 2.73. The van der Waals surface area contributed by atoms with Crippen molar-refractivity contribution in [3.63, 3.8) is 0 Å². The number of nitrogen functional groups attached to an aromatic ring is 2. The van der Waals surface area contributed by atoms with Gasteiger partial charge in [0.25, 0.3) is 0 Å². The van der Waals surface area contributed by atoms with Gasteiger partial charge in [0.15, 0.2) is 0 Å². The van der Waals surface area contributed by atoms with Crippen LogP contribution in [0.3, 0.4) is 0 Å². The Morgan fingerprint density at radius 3 is 1.44 bits per heavy atom. The van der Waals surface area contributed by atoms with E-state index < -0.39 is 0 Å². The first-order valence-corrected chi connectivity index (χ1v) is 11.7. The molecular weight excluding hydrogens is 354 g/mol. The molecule has 2 aromatic rings. The fourth-order valence-electron chi connectivity index (χ4n) is 1.44. The predicted molar refractivity (Wildman–Crippen MR) is 82.0 cm³/mol. The second-order valence-electron chi connectivity index (χ2n) is 4.20. The molecule has 0 spiro atoms. The van der Waals surface area contributed by atoms with Gasteiger partial charge in [0.05, 0.1) is 0 Å². The monoisotopic (exact) mass is 372 g/mol. The zero-order chi connectivity index (χ0) is 13.1. The van der Waals surface area contributed by atoms with Crippen molar-refractivity contribution in [2.24, 2.45) is 0 Å². The Balaban J connectivity index is 2.06. The summed E-state index contributed by atoms with van der Waals surface area (Å²) in [6, 6.07) is 12.8. The van der Waals surface area contributed by atoms with E-state index in [1.165, 1.54) is 8.92 Å². The van der Waals surface area contributed by atoms with E-state index in [4.69, 9.17) is 11.5 Å². The van der Waals surface area contributed by atoms with E-state index in [0.717, 1.165) is 22.5 Å². The van der Waals surface area contributed by atoms with Gasteiger partial charge in [-0.2, -0.15) is 0 Å². The van der Waals surface area contributed by atoms with Gasteiger partial charge in [-0.05, 0) is 0 Å². The van der Waals surface area contributed by atoms with Gasteiger partial charge in [0.1, 0.15) is 0 Å². The van der Waals surface area contributed by atoms with E-state index in [2.05, 4.69) is 36.4 Å². The topological polar surface area (TPSA) is 52.0 Å². The molecule has 0 saturated heterocycles. The van der Waals surface area contributed by atoms with Crippen molar-refractivity contribution in [3.8, 4) is 0 Å². The van der Waals surface area contributed by atoms with Crippen LogP contribution >= 0.6 is 0 Å². The number of aryl methyl sites for hydroxylation is 2. The third-order valence-corrected chi connectivity index (χ3v) is 9.89. The molecule has 4 heteroatoms. The molecule has 2 aromatic carbocycles. The molecule has 0 amide bonds. The fraction of sp³-hybridized carbons (Fsp3) is 0.143. The molecule has 18 heavy (non-hydrogen) atoms. The van der Waals surface area contributed by atoms with Crippen molar-refractivity contribution >= 4 is 46.6 Å². The Morgan fingerprint density at radius 2 is 1.11 bits per heavy atom. The Bertz CT molecular complexity index is 516. The van der Waals surface area contributed by atoms with Gasteiger partial charge in [-0.3, -0.25) is 0 Å². The van der Waals surface area contributed by atoms with E-state index in [-0.39, 0.29) is 0 Å². The summed E-state index contributed by atoms with van der Waals surface area (Å²) >= 11 is 0.938. The molecule has 4 N–H and O–H groups in total. The Labute approximate surface area is 119 Å². The molecule has 0 heterocycles. The van der Waals surface area contributed by atoms with Crippen molar-refractivity contribution < 1.29 is 0 Å². The number of benzene rings is 2. The normalized spacial score (nSPS) is 10.6. The molecule has 0 radical (unpaired) electrons. The zero-order valence-electron chi connectivity index (χ0n) is 10.4. The van der Waals surface area contributed by atoms with Crippen molar-refractivity contribution in [1.29, 1.82) is 0 Å². The summed E-state index contributed by atoms with van der Waals surface area (Å²) in [7, 11) is 0. The number of rotatable bonds is 3. The average Bonchev–Trinajstić information content (AvgIpc) is 2.35. The van der Waals surface area contributed by atoms with Crippen LogP contribution in [0.25, 0.3) is 0 Å². The molecular formula is C14H16N2Se2. The molecule has 0 aliphatic rings. The molecule has 2 nitrogen and oxygen atoms in total. The Kier molecular flexibility index (Phi) is 4.36. The summed E-state index contributed by atoms with van der Waals surface area (Å²) in [5.74, 6) is 0. The van der Waals surface area contributed by atoms with Crippen molar-refractivity contribution in [1.82, 2.24) is 0 Å². The molecule has 0 saturated carbocycles. The number of hydrogen-bond acceptors (Lipinski definition) is 2. The van der Waals surface area contributed by atoms with Crippen molar-refractivity contribution in [2.75, 3.05) is 11.5 Å². The van der Waals surface area contributed by atoms with Crippen molar-refractivity contribution in [3.05, 3.63) is 47.5 Å². The van der Waals surface area contributed by atoms with Gasteiger partial charge in [0.2, 0.25) is 0 Å². The average molecular weight is 370 g/mol. The Morgan fingerprint density at radius 1 is 0.722 bits per heavy atom. The quantitative estimate of drug-likeness (QED) is 0.619. The minimum atomic E-state index is 0.469. The number of nitrogens with two attached hydrogens (primary N) is 2. The van der Waals surface area contributed by atoms with Crippen LogP contribution in [0.4, 0.5) is 11.4 Å². The summed E-state index contributed by atoms with van der Waals surface area (Å²) in [4.78, 5) is 0. The first kappa shape index (κ1) is 13.5. The molecule has 94 valence electrons. The molecule has 0 fully saturated rings. The van der Waals surface area contributed by atoms with Gasteiger partial charge >= 0.3 is 119 Å². The molecule has 0 unspecified atom stereocenters. The predicted octanol–water partition coefficient (Wildman–Crippen LogP) is 0.742. The van der Waals surface area contributed by atoms with Crippen LogP contribution in [0.15, 0.2) is 36.4 Å². The standard InChI is InChI=1S/C14H16N2Se2/c1-9-3-5-11(7-13(9)15)17-18-12-6-4-10(2)14(16)8-12/h3-8H,15-16H2,1-2H3. The van der Waals surface area contributed by atoms with E-state index in [9.17, 15) is 0 Å². The van der Waals surface area contributed by atoms with Crippen LogP contribution in [-0.4, -0.2) is 26.3 Å². The van der Waals surface area contributed by atoms with Gasteiger partial charge < -0.3 is 0 Å². The van der Waals surface area contributed by atoms with Crippen LogP contribution in [0.5, 0.6) is 0 Å². The summed E-state index contributed by atoms with van der Waals surface area (Å²) in [5.41, 5.74) is 16.0. The zero-order valence-corrected chi connectivity index (χ0v) is 13.9. The van der Waals surface area contributed by atoms with E-state index in [1.54, 1.807) is 0 Å². The second kappa shape index (κ2) is 5.81. The molecule has 2 rings (SSSR count). The molecule has 0 atom stereocenters. The summed E-state index contributed by atoms with van der Waals surface area (Å²) in [5, 5.41) is 0. The van der Waals surface area contributed by atoms with Crippen LogP contribution in [-0.2, 0) is 0 Å². The summed E-state index contributed by atoms with van der Waals surface area (Å²) in [6.07, 6.45) is 0. The van der Waals surface area contributed by atoms with Crippen molar-refractivity contribution in [2.45, 2.75) is 13.8 Å². The minimum absolute atomic E-state index is 0.469. The first-order chi connectivity index (χ1) is 8.56. The third kappa shape index (κ3) is 3.30. The van der Waals surface area contributed by atoms with E-state index in [1.807, 2.05) is 13.8 Å². The first-order valence-electron chi connectivity index (χ1n) is 5.63. The van der Waals surface area contributed by atoms with Crippen LogP contribution in [0.2, 0.25) is 0 Å². The molecule has 0 aliphatic carbocycles. The number of anilines is 2. The van der Waals surface area contributed by atoms with E-state index in [0.29, 0.717) is 26.3 Å². The summed E-state index contributed by atoms with van der Waals surface area (Å²) in [6.45, 7) is 4.08. The fourth-order valence-corrected chi connectivity index (χ4v) is 7.45. The SMILES string of the molecule is Cc1ccc([Se][Se]c2ccc(C)c(N)c2)cc1N. The van der Waals surface area contributed by atoms with Gasteiger partial charge in [-0.15, -0.1) is 0 Å². The van der Waals surface area contributed by atoms with Crippen LogP contribution < -0.4 is 20.4 Å². The van der Waals surface area contributed by atoms with Gasteiger partial charge in [-0.1, -0.05) is 0 Å². The maximum atomic E-state index is 5.93.